The molecule has 1 aromatic heterocycles. The topological polar surface area (TPSA) is 82.4 Å². The molecule has 1 saturated heterocycles. The highest BCUT2D eigenvalue weighted by Crippen LogP contribution is 2.29. The molecule has 0 N–H and O–H groups in total. The largest absolute Gasteiger partial charge is 0.454 e. The van der Waals surface area contributed by atoms with Crippen LogP contribution in [0.1, 0.15) is 57.1 Å². The highest BCUT2D eigenvalue weighted by Gasteiger charge is 2.31. The SMILES string of the molecule is CCc1ccc(C(=O)OCC(=O)c2cc(C)n([C@H]3CCS(=O)(=O)C3)c2C)cc1. The van der Waals surface area contributed by atoms with Crippen LogP contribution in [0.5, 0.6) is 0 Å². The van der Waals surface area contributed by atoms with E-state index >= 15 is 0 Å². The quantitative estimate of drug-likeness (QED) is 0.547. The van der Waals surface area contributed by atoms with Gasteiger partial charge in [0.15, 0.2) is 16.4 Å². The molecule has 0 unspecified atom stereocenters. The summed E-state index contributed by atoms with van der Waals surface area (Å²) in [6.07, 6.45) is 1.43. The van der Waals surface area contributed by atoms with Crippen molar-refractivity contribution in [3.63, 3.8) is 0 Å². The van der Waals surface area contributed by atoms with Crippen LogP contribution in [0.2, 0.25) is 0 Å². The highest BCUT2D eigenvalue weighted by atomic mass is 32.2. The summed E-state index contributed by atoms with van der Waals surface area (Å²) >= 11 is 0. The number of ketones is 1. The number of Topliss-reactive ketones (excluding diaryl/α,β-unsaturated/α-hetero) is 1. The van der Waals surface area contributed by atoms with Gasteiger partial charge in [0.05, 0.1) is 17.1 Å². The maximum atomic E-state index is 12.6. The molecule has 0 radical (unpaired) electrons. The Morgan fingerprint density at radius 1 is 1.18 bits per heavy atom. The highest BCUT2D eigenvalue weighted by molar-refractivity contribution is 7.91. The molecular weight excluding hydrogens is 378 g/mol. The van der Waals surface area contributed by atoms with Gasteiger partial charge in [-0.15, -0.1) is 0 Å². The van der Waals surface area contributed by atoms with Crippen molar-refractivity contribution in [3.8, 4) is 0 Å². The smallest absolute Gasteiger partial charge is 0.338 e. The first-order chi connectivity index (χ1) is 13.2. The lowest BCUT2D eigenvalue weighted by atomic mass is 10.1. The van der Waals surface area contributed by atoms with Crippen molar-refractivity contribution in [2.45, 2.75) is 39.7 Å². The summed E-state index contributed by atoms with van der Waals surface area (Å²) in [4.78, 5) is 24.8. The van der Waals surface area contributed by atoms with Crippen LogP contribution in [0.25, 0.3) is 0 Å². The maximum absolute atomic E-state index is 12.6. The zero-order chi connectivity index (χ0) is 20.5. The predicted octanol–water partition coefficient (Wildman–Crippen LogP) is 3.07. The molecule has 7 heteroatoms. The minimum Gasteiger partial charge on any atom is -0.454 e. The number of nitrogens with zero attached hydrogens (tertiary/aromatic N) is 1. The number of sulfone groups is 1. The predicted molar refractivity (Wildman–Crippen MR) is 107 cm³/mol. The Bertz CT molecular complexity index is 1000. The number of hydrogen-bond donors (Lipinski definition) is 0. The molecule has 0 amide bonds. The van der Waals surface area contributed by atoms with Gasteiger partial charge in [-0.25, -0.2) is 13.2 Å². The van der Waals surface area contributed by atoms with E-state index in [1.54, 1.807) is 25.1 Å². The van der Waals surface area contributed by atoms with Gasteiger partial charge < -0.3 is 9.30 Å². The standard InChI is InChI=1S/C21H25NO5S/c1-4-16-5-7-17(8-6-16)21(24)27-12-20(23)19-11-14(2)22(15(19)3)18-9-10-28(25,26)13-18/h5-8,11,18H,4,9-10,12-13H2,1-3H3/t18-/m0/s1. The van der Waals surface area contributed by atoms with E-state index in [0.29, 0.717) is 23.2 Å². The Kier molecular flexibility index (Phi) is 5.74. The van der Waals surface area contributed by atoms with Gasteiger partial charge in [0.25, 0.3) is 0 Å². The van der Waals surface area contributed by atoms with E-state index < -0.39 is 15.8 Å². The number of ether oxygens (including phenoxy) is 1. The fourth-order valence-corrected chi connectivity index (χ4v) is 5.47. The fraction of sp³-hybridized carbons (Fsp3) is 0.429. The summed E-state index contributed by atoms with van der Waals surface area (Å²) in [6, 6.07) is 8.71. The first-order valence-corrected chi connectivity index (χ1v) is 11.2. The summed E-state index contributed by atoms with van der Waals surface area (Å²) in [7, 11) is -3.02. The molecule has 1 fully saturated rings. The average molecular weight is 404 g/mol. The molecule has 6 nitrogen and oxygen atoms in total. The van der Waals surface area contributed by atoms with Crippen LogP contribution < -0.4 is 0 Å². The normalized spacial score (nSPS) is 18.2. The van der Waals surface area contributed by atoms with E-state index in [4.69, 9.17) is 4.74 Å². The molecule has 1 aliphatic rings. The Morgan fingerprint density at radius 3 is 2.43 bits per heavy atom. The van der Waals surface area contributed by atoms with E-state index in [9.17, 15) is 18.0 Å². The molecule has 0 aliphatic carbocycles. The summed E-state index contributed by atoms with van der Waals surface area (Å²) < 4.78 is 30.7. The molecule has 3 rings (SSSR count). The molecule has 2 heterocycles. The minimum atomic E-state index is -3.02. The molecule has 28 heavy (non-hydrogen) atoms. The van der Waals surface area contributed by atoms with Gasteiger partial charge in [0.1, 0.15) is 0 Å². The number of rotatable bonds is 6. The van der Waals surface area contributed by atoms with Crippen molar-refractivity contribution in [1.29, 1.82) is 0 Å². The zero-order valence-corrected chi connectivity index (χ0v) is 17.2. The van der Waals surface area contributed by atoms with Crippen LogP contribution >= 0.6 is 0 Å². The van der Waals surface area contributed by atoms with Gasteiger partial charge >= 0.3 is 5.97 Å². The average Bonchev–Trinajstić information content (AvgIpc) is 3.17. The van der Waals surface area contributed by atoms with Gasteiger partial charge in [0, 0.05) is 23.0 Å². The molecule has 1 atom stereocenters. The zero-order valence-electron chi connectivity index (χ0n) is 16.4. The molecular formula is C21H25NO5S. The van der Waals surface area contributed by atoms with Crippen LogP contribution in [0, 0.1) is 13.8 Å². The van der Waals surface area contributed by atoms with Gasteiger partial charge in [-0.2, -0.15) is 0 Å². The van der Waals surface area contributed by atoms with Gasteiger partial charge in [-0.05, 0) is 50.5 Å². The summed E-state index contributed by atoms with van der Waals surface area (Å²) in [5.74, 6) is -0.558. The number of benzene rings is 1. The number of aryl methyl sites for hydroxylation is 2. The number of esters is 1. The van der Waals surface area contributed by atoms with E-state index in [0.717, 1.165) is 17.7 Å². The Morgan fingerprint density at radius 2 is 1.86 bits per heavy atom. The van der Waals surface area contributed by atoms with Crippen LogP contribution in [-0.4, -0.2) is 42.9 Å². The maximum Gasteiger partial charge on any atom is 0.338 e. The summed E-state index contributed by atoms with van der Waals surface area (Å²) in [6.45, 7) is 5.34. The second kappa shape index (κ2) is 7.91. The molecule has 1 aliphatic heterocycles. The van der Waals surface area contributed by atoms with Crippen molar-refractivity contribution in [2.75, 3.05) is 18.1 Å². The van der Waals surface area contributed by atoms with Crippen molar-refractivity contribution in [1.82, 2.24) is 4.57 Å². The second-order valence-electron chi connectivity index (χ2n) is 7.26. The second-order valence-corrected chi connectivity index (χ2v) is 9.49. The van der Waals surface area contributed by atoms with E-state index in [1.165, 1.54) is 0 Å². The van der Waals surface area contributed by atoms with Crippen molar-refractivity contribution < 1.29 is 22.7 Å². The van der Waals surface area contributed by atoms with Crippen LogP contribution in [0.15, 0.2) is 30.3 Å². The summed E-state index contributed by atoms with van der Waals surface area (Å²) in [5.41, 5.74) is 3.55. The number of aromatic nitrogens is 1. The van der Waals surface area contributed by atoms with Crippen LogP contribution in [0.4, 0.5) is 0 Å². The van der Waals surface area contributed by atoms with Gasteiger partial charge in [-0.1, -0.05) is 19.1 Å². The number of hydrogen-bond acceptors (Lipinski definition) is 5. The third kappa shape index (κ3) is 4.19. The van der Waals surface area contributed by atoms with Crippen LogP contribution in [0.3, 0.4) is 0 Å². The molecule has 150 valence electrons. The molecule has 1 aromatic carbocycles. The third-order valence-electron chi connectivity index (χ3n) is 5.29. The van der Waals surface area contributed by atoms with Crippen LogP contribution in [-0.2, 0) is 21.0 Å². The fourth-order valence-electron chi connectivity index (χ4n) is 3.77. The Balaban J connectivity index is 1.69. The van der Waals surface area contributed by atoms with Gasteiger partial charge in [0.2, 0.25) is 5.78 Å². The van der Waals surface area contributed by atoms with Gasteiger partial charge in [-0.3, -0.25) is 4.79 Å². The lowest BCUT2D eigenvalue weighted by molar-refractivity contribution is 0.0474. The van der Waals surface area contributed by atoms with Crippen molar-refractivity contribution >= 4 is 21.6 Å². The third-order valence-corrected chi connectivity index (χ3v) is 7.04. The Hall–Kier alpha value is -2.41. The molecule has 0 saturated carbocycles. The first-order valence-electron chi connectivity index (χ1n) is 9.40. The monoisotopic (exact) mass is 403 g/mol. The molecule has 0 spiro atoms. The van der Waals surface area contributed by atoms with Crippen molar-refractivity contribution in [2.24, 2.45) is 0 Å². The van der Waals surface area contributed by atoms with E-state index in [2.05, 4.69) is 0 Å². The lowest BCUT2D eigenvalue weighted by Gasteiger charge is -2.16. The number of carbonyl (C=O) groups is 2. The lowest BCUT2D eigenvalue weighted by Crippen LogP contribution is -2.17. The number of carbonyl (C=O) groups excluding carboxylic acids is 2. The first kappa shape index (κ1) is 20.3. The minimum absolute atomic E-state index is 0.0970. The van der Waals surface area contributed by atoms with E-state index in [-0.39, 0.29) is 29.9 Å². The Labute approximate surface area is 165 Å². The molecule has 0 bridgehead atoms. The van der Waals surface area contributed by atoms with E-state index in [1.807, 2.05) is 30.5 Å². The van der Waals surface area contributed by atoms with Crippen molar-refractivity contribution in [3.05, 3.63) is 58.4 Å². The molecule has 2 aromatic rings. The summed E-state index contributed by atoms with van der Waals surface area (Å²) in [5, 5.41) is 0.